The van der Waals surface area contributed by atoms with E-state index in [1.54, 1.807) is 6.07 Å². The maximum absolute atomic E-state index is 14.4. The van der Waals surface area contributed by atoms with Crippen LogP contribution in [0.1, 0.15) is 71.7 Å². The van der Waals surface area contributed by atoms with E-state index < -0.39 is 85.2 Å². The number of benzene rings is 5. The van der Waals surface area contributed by atoms with E-state index in [0.717, 1.165) is 7.11 Å². The molecule has 0 saturated carbocycles. The van der Waals surface area contributed by atoms with Crippen LogP contribution in [0, 0.1) is 12.3 Å². The largest absolute Gasteiger partial charge is 0.465 e. The second kappa shape index (κ2) is 32.0. The zero-order valence-corrected chi connectivity index (χ0v) is 51.5. The Balaban J connectivity index is 0.000000323. The minimum atomic E-state index is -6.34. The Hall–Kier alpha value is -7.01. The highest BCUT2D eigenvalue weighted by molar-refractivity contribution is 6.69. The number of carbonyl (C=O) groups excluding carboxylic acids is 5. The van der Waals surface area contributed by atoms with E-state index in [2.05, 4.69) is 29.7 Å². The lowest BCUT2D eigenvalue weighted by Gasteiger charge is -2.30. The summed E-state index contributed by atoms with van der Waals surface area (Å²) in [6.45, 7) is 0. The molecule has 2 amide bonds. The number of rotatable bonds is 9. The maximum atomic E-state index is 14.4. The molecular formula is C53H31Cl9F14N4O11. The Morgan fingerprint density at radius 1 is 0.582 bits per heavy atom. The molecule has 15 nitrogen and oxygen atoms in total. The predicted molar refractivity (Wildman–Crippen MR) is 304 cm³/mol. The molecule has 1 saturated heterocycles. The van der Waals surface area contributed by atoms with Gasteiger partial charge in [-0.2, -0.15) is 57.1 Å². The quantitative estimate of drug-likeness (QED) is 0.0160. The number of oxime groups is 2. The number of aromatic nitrogens is 1. The number of halogens is 23. The van der Waals surface area contributed by atoms with Crippen molar-refractivity contribution in [1.82, 2.24) is 9.58 Å². The Morgan fingerprint density at radius 3 is 1.33 bits per heavy atom. The summed E-state index contributed by atoms with van der Waals surface area (Å²) in [5.41, 5.74) is -13.9. The van der Waals surface area contributed by atoms with Gasteiger partial charge >= 0.3 is 54.0 Å². The molecule has 1 fully saturated rings. The number of carbonyl (C=O) groups is 5. The molecule has 7 rings (SSSR count). The van der Waals surface area contributed by atoms with Crippen LogP contribution in [0.15, 0.2) is 99.8 Å². The number of nitrogens with zero attached hydrogens (tertiary/aromatic N) is 4. The minimum Gasteiger partial charge on any atom is -0.465 e. The van der Waals surface area contributed by atoms with Gasteiger partial charge in [-0.05, 0) is 66.2 Å². The number of ether oxygens (including phenoxy) is 3. The molecule has 2 N–H and O–H groups in total. The van der Waals surface area contributed by atoms with Gasteiger partial charge in [0.1, 0.15) is 5.69 Å². The minimum absolute atomic E-state index is 0.00905. The molecule has 0 spiro atoms. The van der Waals surface area contributed by atoms with Crippen molar-refractivity contribution in [2.75, 3.05) is 21.3 Å². The van der Waals surface area contributed by atoms with Crippen molar-refractivity contribution in [1.29, 1.82) is 0 Å². The highest BCUT2D eigenvalue weighted by Gasteiger charge is 2.74. The first kappa shape index (κ1) is 78.2. The van der Waals surface area contributed by atoms with Crippen LogP contribution in [-0.2, 0) is 35.1 Å². The number of hydrogen-bond acceptors (Lipinski definition) is 14. The summed E-state index contributed by atoms with van der Waals surface area (Å²) in [6, 6.07) is 15.0. The zero-order chi connectivity index (χ0) is 69.7. The number of imide groups is 1. The first-order chi connectivity index (χ1) is 42.0. The van der Waals surface area contributed by atoms with Crippen LogP contribution >= 0.6 is 105 Å². The lowest BCUT2D eigenvalue weighted by Crippen LogP contribution is -2.50. The summed E-state index contributed by atoms with van der Waals surface area (Å²) in [7, 11) is 3.65. The van der Waals surface area contributed by atoms with Gasteiger partial charge in [-0.15, -0.1) is 6.42 Å². The molecule has 6 aromatic rings. The summed E-state index contributed by atoms with van der Waals surface area (Å²) in [6.07, 6.45) is -18.5. The van der Waals surface area contributed by atoms with Crippen LogP contribution < -0.4 is 0 Å². The Labute approximate surface area is 546 Å². The fourth-order valence-corrected chi connectivity index (χ4v) is 9.00. The third kappa shape index (κ3) is 18.6. The fourth-order valence-electron chi connectivity index (χ4n) is 6.86. The van der Waals surface area contributed by atoms with Gasteiger partial charge in [0.15, 0.2) is 10.9 Å². The first-order valence-electron chi connectivity index (χ1n) is 23.3. The monoisotopic (exact) mass is 1480 g/mol. The van der Waals surface area contributed by atoms with E-state index in [-0.39, 0.29) is 103 Å². The molecule has 490 valence electrons. The van der Waals surface area contributed by atoms with Crippen molar-refractivity contribution in [3.05, 3.63) is 165 Å². The van der Waals surface area contributed by atoms with Crippen LogP contribution in [0.2, 0.25) is 35.2 Å². The van der Waals surface area contributed by atoms with E-state index in [9.17, 15) is 85.4 Å². The van der Waals surface area contributed by atoms with Crippen LogP contribution in [0.25, 0.3) is 22.6 Å². The van der Waals surface area contributed by atoms with E-state index in [1.165, 1.54) is 75.0 Å². The van der Waals surface area contributed by atoms with Gasteiger partial charge in [-0.25, -0.2) is 23.2 Å². The zero-order valence-electron chi connectivity index (χ0n) is 44.7. The molecule has 0 aliphatic carbocycles. The van der Waals surface area contributed by atoms with Gasteiger partial charge in [0.05, 0.1) is 90.5 Å². The summed E-state index contributed by atoms with van der Waals surface area (Å²) in [5.74, 6) is -0.827. The third-order valence-electron chi connectivity index (χ3n) is 11.3. The lowest BCUT2D eigenvalue weighted by atomic mass is 9.93. The molecule has 91 heavy (non-hydrogen) atoms. The van der Waals surface area contributed by atoms with Gasteiger partial charge in [0.25, 0.3) is 0 Å². The van der Waals surface area contributed by atoms with Gasteiger partial charge < -0.3 is 29.1 Å². The SMILES string of the molecule is C#Cc1c(Cl)cc(C(F)(C(F)(F)F)C(F)(F)F)cc1Cl.COC(=O)c1cc(-c2cc(-c3c(Cl)cc(C(F)(C(F)(F)F)C(F)(F)F)cc3Cl)on2)ccc1Cl.COC(=O)c1cc(/C(Cl)=N/O)ccc1Cl.COC(=O)c1cc(/C=N/O)ccc1Cl.O=C1CCC(=O)N1Cl. The van der Waals surface area contributed by atoms with Gasteiger partial charge in [0.2, 0.25) is 11.8 Å². The van der Waals surface area contributed by atoms with Crippen LogP contribution in [0.5, 0.6) is 0 Å². The number of esters is 3. The maximum Gasteiger partial charge on any atom is 0.435 e. The third-order valence-corrected chi connectivity index (χ3v) is 14.2. The molecular weight excluding hydrogens is 1450 g/mol. The molecule has 0 radical (unpaired) electrons. The second-order valence-corrected chi connectivity index (χ2v) is 20.5. The first-order valence-corrected chi connectivity index (χ1v) is 26.6. The van der Waals surface area contributed by atoms with Crippen LogP contribution in [-0.4, -0.2) is 107 Å². The van der Waals surface area contributed by atoms with Gasteiger partial charge in [-0.1, -0.05) is 132 Å². The molecule has 0 unspecified atom stereocenters. The van der Waals surface area contributed by atoms with Crippen LogP contribution in [0.4, 0.5) is 61.5 Å². The number of alkyl halides is 14. The molecule has 1 aliphatic heterocycles. The predicted octanol–water partition coefficient (Wildman–Crippen LogP) is 18.0. The van der Waals surface area contributed by atoms with Crippen molar-refractivity contribution < 1.29 is 115 Å². The average Bonchev–Trinajstić information content (AvgIpc) is 1.80. The molecule has 0 atom stereocenters. The van der Waals surface area contributed by atoms with Crippen LogP contribution in [0.3, 0.4) is 0 Å². The fraction of sp³-hybridized carbons (Fsp3) is 0.208. The van der Waals surface area contributed by atoms with Gasteiger partial charge in [0, 0.05) is 52.9 Å². The summed E-state index contributed by atoms with van der Waals surface area (Å²) in [5, 5.41) is 23.7. The lowest BCUT2D eigenvalue weighted by molar-refractivity contribution is -0.349. The normalized spacial score (nSPS) is 12.9. The van der Waals surface area contributed by atoms with Crippen molar-refractivity contribution in [3.8, 4) is 34.9 Å². The van der Waals surface area contributed by atoms with E-state index in [0.29, 0.717) is 26.1 Å². The second-order valence-electron chi connectivity index (χ2n) is 17.0. The smallest absolute Gasteiger partial charge is 0.435 e. The highest BCUT2D eigenvalue weighted by atomic mass is 35.5. The van der Waals surface area contributed by atoms with Crippen molar-refractivity contribution >= 4 is 146 Å². The average molecular weight is 1480 g/mol. The molecule has 2 heterocycles. The van der Waals surface area contributed by atoms with Crippen molar-refractivity contribution in [2.24, 2.45) is 10.3 Å². The topological polar surface area (TPSA) is 207 Å². The Bertz CT molecular complexity index is 3710. The highest BCUT2D eigenvalue weighted by Crippen LogP contribution is 2.56. The summed E-state index contributed by atoms with van der Waals surface area (Å²) >= 11 is 50.8. The number of hydrogen-bond donors (Lipinski definition) is 2. The molecule has 1 aromatic heterocycles. The number of amides is 2. The summed E-state index contributed by atoms with van der Waals surface area (Å²) in [4.78, 5) is 54.9. The molecule has 1 aliphatic rings. The van der Waals surface area contributed by atoms with Crippen molar-refractivity contribution in [2.45, 2.75) is 48.9 Å². The molecule has 5 aromatic carbocycles. The number of methoxy groups -OCH3 is 3. The number of terminal acetylenes is 1. The van der Waals surface area contributed by atoms with Crippen molar-refractivity contribution in [3.63, 3.8) is 0 Å². The Kier molecular flexibility index (Phi) is 27.5. The molecule has 0 bridgehead atoms. The molecule has 38 heteroatoms. The van der Waals surface area contributed by atoms with E-state index in [4.69, 9.17) is 126 Å². The standard InChI is InChI=1S/C20H9Cl3F7NO3.C11H3Cl2F7.C9H7Cl2NO3.C9H8ClNO3.C4H4ClNO2/c1-33-17(32)10-4-8(2-3-11(10)21)14-7-15(34-31-14)16-12(22)5-9(6-13(16)23)18(24,19(25,26)27)20(28,29)30;1-2-6-7(12)3-5(4-8(6)13)9(14,10(15,16)17)11(18,19)20;1-15-9(13)6-4-5(8(11)12-14)2-3-7(6)10;1-14-9(12)7-4-6(5-11-13)2-3-8(7)10;5-6-3(7)1-2-4(6)8/h2-7H,1H3;1,3-4H;2-4,14H,1H3;2-5,13H,1H3;1-2H2/b;;12-8-;11-5+;. The van der Waals surface area contributed by atoms with E-state index in [1.807, 2.05) is 5.92 Å². The van der Waals surface area contributed by atoms with Gasteiger partial charge in [-0.3, -0.25) is 9.59 Å². The Morgan fingerprint density at radius 2 is 0.967 bits per heavy atom. The summed E-state index contributed by atoms with van der Waals surface area (Å²) < 4.78 is 201. The van der Waals surface area contributed by atoms with E-state index >= 15 is 0 Å².